The lowest BCUT2D eigenvalue weighted by Crippen LogP contribution is -2.45. The van der Waals surface area contributed by atoms with Gasteiger partial charge in [0.15, 0.2) is 0 Å². The number of carbonyl (C=O) groups excluding carboxylic acids is 2. The van der Waals surface area contributed by atoms with Crippen molar-refractivity contribution in [3.05, 3.63) is 28.2 Å². The number of nitrogens with one attached hydrogen (secondary N) is 2. The Morgan fingerprint density at radius 1 is 1.20 bits per heavy atom. The summed E-state index contributed by atoms with van der Waals surface area (Å²) in [5.41, 5.74) is -0.804. The molecule has 0 fully saturated rings. The molecule has 0 spiro atoms. The Balaban J connectivity index is 2.83. The summed E-state index contributed by atoms with van der Waals surface area (Å²) >= 11 is 11.8. The molecular weight excluding hydrogens is 299 g/mol. The van der Waals surface area contributed by atoms with Crippen molar-refractivity contribution in [2.75, 3.05) is 11.9 Å². The molecule has 0 radical (unpaired) electrons. The molecule has 2 amide bonds. The number of hydrogen-bond acceptors (Lipinski definition) is 2. The van der Waals surface area contributed by atoms with Crippen LogP contribution in [0.3, 0.4) is 0 Å². The first kappa shape index (κ1) is 16.8. The van der Waals surface area contributed by atoms with Crippen molar-refractivity contribution in [2.24, 2.45) is 5.41 Å². The summed E-state index contributed by atoms with van der Waals surface area (Å²) in [5.74, 6) is -0.759. The van der Waals surface area contributed by atoms with E-state index in [0.717, 1.165) is 6.42 Å². The molecule has 0 aromatic heterocycles. The van der Waals surface area contributed by atoms with Crippen LogP contribution in [0.25, 0.3) is 0 Å². The molecule has 0 saturated carbocycles. The highest BCUT2D eigenvalue weighted by Gasteiger charge is 2.36. The molecule has 110 valence electrons. The van der Waals surface area contributed by atoms with Crippen molar-refractivity contribution < 1.29 is 9.59 Å². The van der Waals surface area contributed by atoms with Gasteiger partial charge in [-0.25, -0.2) is 0 Å². The maximum atomic E-state index is 12.2. The highest BCUT2D eigenvalue weighted by atomic mass is 35.5. The average molecular weight is 317 g/mol. The summed E-state index contributed by atoms with van der Waals surface area (Å²) in [4.78, 5) is 24.2. The molecule has 0 aliphatic rings. The summed E-state index contributed by atoms with van der Waals surface area (Å²) in [5, 5.41) is 6.16. The third-order valence-corrected chi connectivity index (χ3v) is 3.41. The lowest BCUT2D eigenvalue weighted by atomic mass is 9.91. The highest BCUT2D eigenvalue weighted by Crippen LogP contribution is 2.27. The molecule has 6 heteroatoms. The van der Waals surface area contributed by atoms with E-state index < -0.39 is 11.3 Å². The number of hydrogen-bond donors (Lipinski definition) is 2. The molecule has 1 aromatic carbocycles. The van der Waals surface area contributed by atoms with Gasteiger partial charge in [0.05, 0.1) is 10.7 Å². The van der Waals surface area contributed by atoms with E-state index in [-0.39, 0.29) is 5.91 Å². The predicted octanol–water partition coefficient (Wildman–Crippen LogP) is 3.48. The van der Waals surface area contributed by atoms with Gasteiger partial charge in [-0.1, -0.05) is 30.1 Å². The highest BCUT2D eigenvalue weighted by molar-refractivity contribution is 6.35. The minimum Gasteiger partial charge on any atom is -0.355 e. The minimum atomic E-state index is -1.19. The molecule has 0 unspecified atom stereocenters. The first-order valence-electron chi connectivity index (χ1n) is 6.33. The van der Waals surface area contributed by atoms with Gasteiger partial charge in [0.2, 0.25) is 11.8 Å². The summed E-state index contributed by atoms with van der Waals surface area (Å²) in [7, 11) is 0. The Kier molecular flexibility index (Phi) is 5.84. The van der Waals surface area contributed by atoms with Crippen LogP contribution in [-0.4, -0.2) is 18.4 Å². The van der Waals surface area contributed by atoms with Crippen molar-refractivity contribution in [3.63, 3.8) is 0 Å². The van der Waals surface area contributed by atoms with Gasteiger partial charge in [0.1, 0.15) is 5.41 Å². The van der Waals surface area contributed by atoms with E-state index in [1.54, 1.807) is 32.0 Å². The van der Waals surface area contributed by atoms with Crippen LogP contribution in [0.4, 0.5) is 5.69 Å². The zero-order chi connectivity index (χ0) is 15.3. The summed E-state index contributed by atoms with van der Waals surface area (Å²) in [6, 6.07) is 4.75. The smallest absolute Gasteiger partial charge is 0.239 e. The van der Waals surface area contributed by atoms with Crippen molar-refractivity contribution in [1.29, 1.82) is 0 Å². The Hall–Kier alpha value is -1.26. The lowest BCUT2D eigenvalue weighted by molar-refractivity contribution is -0.138. The van der Waals surface area contributed by atoms with E-state index in [2.05, 4.69) is 10.6 Å². The van der Waals surface area contributed by atoms with E-state index in [1.165, 1.54) is 0 Å². The molecule has 1 aromatic rings. The van der Waals surface area contributed by atoms with Gasteiger partial charge in [-0.3, -0.25) is 9.59 Å². The third kappa shape index (κ3) is 4.12. The molecule has 0 bridgehead atoms. The normalized spacial score (nSPS) is 11.1. The van der Waals surface area contributed by atoms with Crippen LogP contribution in [0.1, 0.15) is 27.2 Å². The van der Waals surface area contributed by atoms with E-state index >= 15 is 0 Å². The summed E-state index contributed by atoms with van der Waals surface area (Å²) < 4.78 is 0. The zero-order valence-corrected chi connectivity index (χ0v) is 13.2. The third-order valence-electron chi connectivity index (χ3n) is 2.85. The Labute approximate surface area is 128 Å². The molecule has 2 N–H and O–H groups in total. The van der Waals surface area contributed by atoms with Crippen LogP contribution < -0.4 is 10.6 Å². The van der Waals surface area contributed by atoms with Gasteiger partial charge in [0, 0.05) is 11.6 Å². The maximum absolute atomic E-state index is 12.2. The molecule has 0 aliphatic heterocycles. The number of carbonyl (C=O) groups is 2. The molecule has 0 heterocycles. The number of halogens is 2. The van der Waals surface area contributed by atoms with Crippen LogP contribution >= 0.6 is 23.2 Å². The van der Waals surface area contributed by atoms with E-state index in [0.29, 0.717) is 22.3 Å². The van der Waals surface area contributed by atoms with Crippen LogP contribution in [0.15, 0.2) is 18.2 Å². The topological polar surface area (TPSA) is 58.2 Å². The van der Waals surface area contributed by atoms with Crippen LogP contribution in [0, 0.1) is 5.41 Å². The maximum Gasteiger partial charge on any atom is 0.239 e. The fourth-order valence-electron chi connectivity index (χ4n) is 1.43. The van der Waals surface area contributed by atoms with Gasteiger partial charge in [-0.2, -0.15) is 0 Å². The Bertz CT molecular complexity index is 516. The van der Waals surface area contributed by atoms with Crippen molar-refractivity contribution in [3.8, 4) is 0 Å². The van der Waals surface area contributed by atoms with Crippen molar-refractivity contribution in [1.82, 2.24) is 5.32 Å². The van der Waals surface area contributed by atoms with Crippen molar-refractivity contribution >= 4 is 40.7 Å². The summed E-state index contributed by atoms with van der Waals surface area (Å²) in [6.45, 7) is 5.60. The SMILES string of the molecule is CCCNC(=O)C(C)(C)C(=O)Nc1cc(Cl)ccc1Cl. The Morgan fingerprint density at radius 3 is 2.45 bits per heavy atom. The number of benzene rings is 1. The van der Waals surface area contributed by atoms with Crippen LogP contribution in [0.2, 0.25) is 10.0 Å². The number of amides is 2. The number of rotatable bonds is 5. The van der Waals surface area contributed by atoms with Crippen molar-refractivity contribution in [2.45, 2.75) is 27.2 Å². The molecule has 20 heavy (non-hydrogen) atoms. The molecule has 0 saturated heterocycles. The molecule has 4 nitrogen and oxygen atoms in total. The van der Waals surface area contributed by atoms with Crippen LogP contribution in [0.5, 0.6) is 0 Å². The first-order chi connectivity index (χ1) is 9.28. The second kappa shape index (κ2) is 6.95. The molecule has 0 atom stereocenters. The van der Waals surface area contributed by atoms with Gasteiger partial charge in [-0.05, 0) is 38.5 Å². The average Bonchev–Trinajstić information content (AvgIpc) is 2.39. The fraction of sp³-hybridized carbons (Fsp3) is 0.429. The second-order valence-electron chi connectivity index (χ2n) is 4.96. The lowest BCUT2D eigenvalue weighted by Gasteiger charge is -2.23. The standard InChI is InChI=1S/C14H18Cl2N2O2/c1-4-7-17-12(19)14(2,3)13(20)18-11-8-9(15)5-6-10(11)16/h5-6,8H,4,7H2,1-3H3,(H,17,19)(H,18,20). The fourth-order valence-corrected chi connectivity index (χ4v) is 1.77. The summed E-state index contributed by atoms with van der Waals surface area (Å²) in [6.07, 6.45) is 0.809. The van der Waals surface area contributed by atoms with E-state index in [9.17, 15) is 9.59 Å². The van der Waals surface area contributed by atoms with Gasteiger partial charge < -0.3 is 10.6 Å². The Morgan fingerprint density at radius 2 is 1.85 bits per heavy atom. The van der Waals surface area contributed by atoms with Crippen LogP contribution in [-0.2, 0) is 9.59 Å². The minimum absolute atomic E-state index is 0.324. The zero-order valence-electron chi connectivity index (χ0n) is 11.7. The molecule has 0 aliphatic carbocycles. The largest absolute Gasteiger partial charge is 0.355 e. The molecule has 1 rings (SSSR count). The quantitative estimate of drug-likeness (QED) is 0.817. The number of anilines is 1. The second-order valence-corrected chi connectivity index (χ2v) is 5.80. The monoisotopic (exact) mass is 316 g/mol. The molecular formula is C14H18Cl2N2O2. The van der Waals surface area contributed by atoms with Gasteiger partial charge in [-0.15, -0.1) is 0 Å². The van der Waals surface area contributed by atoms with Gasteiger partial charge in [0.25, 0.3) is 0 Å². The van der Waals surface area contributed by atoms with E-state index in [4.69, 9.17) is 23.2 Å². The predicted molar refractivity (Wildman–Crippen MR) is 82.2 cm³/mol. The van der Waals surface area contributed by atoms with Gasteiger partial charge >= 0.3 is 0 Å². The van der Waals surface area contributed by atoms with E-state index in [1.807, 2.05) is 6.92 Å². The first-order valence-corrected chi connectivity index (χ1v) is 7.09.